The first kappa shape index (κ1) is 11.2. The molecule has 0 saturated heterocycles. The van der Waals surface area contributed by atoms with Crippen molar-refractivity contribution in [2.24, 2.45) is 0 Å². The lowest BCUT2D eigenvalue weighted by atomic mass is 10.2. The maximum atomic E-state index is 3.90. The highest BCUT2D eigenvalue weighted by molar-refractivity contribution is 5.50. The number of pyridine rings is 1. The van der Waals surface area contributed by atoms with Gasteiger partial charge in [0.1, 0.15) is 0 Å². The van der Waals surface area contributed by atoms with Crippen molar-refractivity contribution in [2.75, 3.05) is 19.0 Å². The fourth-order valence-corrected chi connectivity index (χ4v) is 1.38. The highest BCUT2D eigenvalue weighted by Gasteiger charge is 1.93. The van der Waals surface area contributed by atoms with Gasteiger partial charge in [-0.15, -0.1) is 0 Å². The zero-order valence-electron chi connectivity index (χ0n) is 9.94. The van der Waals surface area contributed by atoms with E-state index in [4.69, 9.17) is 0 Å². The number of hydrogen-bond donors (Lipinski definition) is 0. The van der Waals surface area contributed by atoms with Gasteiger partial charge in [0.25, 0.3) is 0 Å². The van der Waals surface area contributed by atoms with Crippen LogP contribution in [0.3, 0.4) is 0 Å². The second-order valence-electron chi connectivity index (χ2n) is 3.87. The molecule has 2 nitrogen and oxygen atoms in total. The van der Waals surface area contributed by atoms with Gasteiger partial charge in [-0.3, -0.25) is 4.98 Å². The molecule has 0 aliphatic carbocycles. The minimum absolute atomic E-state index is 0.903. The molecule has 2 heteroatoms. The molecule has 1 aromatic heterocycles. The zero-order valence-corrected chi connectivity index (χ0v) is 9.94. The van der Waals surface area contributed by atoms with E-state index in [0.717, 1.165) is 11.1 Å². The Balaban J connectivity index is 2.17. The van der Waals surface area contributed by atoms with E-state index >= 15 is 0 Å². The van der Waals surface area contributed by atoms with E-state index in [0.29, 0.717) is 0 Å². The molecule has 0 fully saturated rings. The van der Waals surface area contributed by atoms with E-state index in [1.165, 1.54) is 5.69 Å². The van der Waals surface area contributed by atoms with Gasteiger partial charge in [0, 0.05) is 37.1 Å². The molecule has 0 amide bonds. The summed E-state index contributed by atoms with van der Waals surface area (Å²) in [5.74, 6) is 6.17. The third-order valence-electron chi connectivity index (χ3n) is 2.35. The van der Waals surface area contributed by atoms with Crippen molar-refractivity contribution in [1.29, 1.82) is 0 Å². The van der Waals surface area contributed by atoms with Crippen LogP contribution in [0.2, 0.25) is 0 Å². The predicted molar refractivity (Wildman–Crippen MR) is 69.8 cm³/mol. The first-order chi connectivity index (χ1) is 8.25. The fraction of sp³-hybridized carbons (Fsp3) is 0.133. The third kappa shape index (κ3) is 3.09. The standard InChI is InChI=1S/C15H13N2/c1-17(2)15-9-7-13(8-10-15)5-6-14-4-3-11-16-12-14/h3-4,7-10,12H,1-2H3. The van der Waals surface area contributed by atoms with Gasteiger partial charge in [0.15, 0.2) is 0 Å². The van der Waals surface area contributed by atoms with Gasteiger partial charge in [0.05, 0.1) is 6.20 Å². The maximum Gasteiger partial charge on any atom is 0.0887 e. The molecule has 1 aromatic carbocycles. The Hall–Kier alpha value is -2.27. The summed E-state index contributed by atoms with van der Waals surface area (Å²) in [7, 11) is 4.04. The first-order valence-corrected chi connectivity index (χ1v) is 5.37. The Morgan fingerprint density at radius 1 is 1.00 bits per heavy atom. The number of hydrogen-bond acceptors (Lipinski definition) is 2. The van der Waals surface area contributed by atoms with Crippen LogP contribution in [-0.2, 0) is 0 Å². The molecule has 0 spiro atoms. The van der Waals surface area contributed by atoms with Crippen LogP contribution in [0, 0.1) is 18.0 Å². The number of aromatic nitrogens is 1. The van der Waals surface area contributed by atoms with E-state index in [-0.39, 0.29) is 0 Å². The number of rotatable bonds is 1. The summed E-state index contributed by atoms with van der Waals surface area (Å²) < 4.78 is 0. The van der Waals surface area contributed by atoms with Gasteiger partial charge < -0.3 is 4.90 Å². The Morgan fingerprint density at radius 3 is 2.29 bits per heavy atom. The van der Waals surface area contributed by atoms with Crippen LogP contribution in [0.15, 0.2) is 42.6 Å². The molecule has 2 aromatic rings. The van der Waals surface area contributed by atoms with Crippen molar-refractivity contribution < 1.29 is 0 Å². The molecular formula is C15H13N2. The quantitative estimate of drug-likeness (QED) is 0.687. The summed E-state index contributed by atoms with van der Waals surface area (Å²) in [4.78, 5) is 5.96. The van der Waals surface area contributed by atoms with Crippen molar-refractivity contribution in [3.05, 3.63) is 59.9 Å². The molecule has 0 aliphatic rings. The summed E-state index contributed by atoms with van der Waals surface area (Å²) in [5, 5.41) is 0. The van der Waals surface area contributed by atoms with Gasteiger partial charge in [-0.2, -0.15) is 0 Å². The molecule has 1 heterocycles. The van der Waals surface area contributed by atoms with Crippen LogP contribution in [0.1, 0.15) is 11.1 Å². The average molecular weight is 221 g/mol. The maximum absolute atomic E-state index is 3.90. The number of benzene rings is 1. The van der Waals surface area contributed by atoms with Crippen LogP contribution in [-0.4, -0.2) is 19.1 Å². The minimum atomic E-state index is 0.903. The second kappa shape index (κ2) is 5.18. The van der Waals surface area contributed by atoms with E-state index in [2.05, 4.69) is 40.1 Å². The normalized spacial score (nSPS) is 9.29. The van der Waals surface area contributed by atoms with Crippen LogP contribution in [0.25, 0.3) is 0 Å². The lowest BCUT2D eigenvalue weighted by molar-refractivity contribution is 1.13. The Morgan fingerprint density at radius 2 is 1.71 bits per heavy atom. The van der Waals surface area contributed by atoms with Gasteiger partial charge in [-0.25, -0.2) is 0 Å². The van der Waals surface area contributed by atoms with E-state index in [9.17, 15) is 0 Å². The van der Waals surface area contributed by atoms with Crippen molar-refractivity contribution in [3.8, 4) is 11.8 Å². The van der Waals surface area contributed by atoms with Crippen LogP contribution >= 0.6 is 0 Å². The highest BCUT2D eigenvalue weighted by atomic mass is 15.1. The third-order valence-corrected chi connectivity index (χ3v) is 2.35. The molecule has 0 bridgehead atoms. The molecule has 1 radical (unpaired) electrons. The Kier molecular flexibility index (Phi) is 3.42. The molecular weight excluding hydrogens is 208 g/mol. The van der Waals surface area contributed by atoms with Crippen LogP contribution < -0.4 is 4.90 Å². The van der Waals surface area contributed by atoms with Gasteiger partial charge in [-0.1, -0.05) is 11.8 Å². The molecule has 0 unspecified atom stereocenters. The largest absolute Gasteiger partial charge is 0.378 e. The topological polar surface area (TPSA) is 16.1 Å². The lowest BCUT2D eigenvalue weighted by Gasteiger charge is -2.11. The monoisotopic (exact) mass is 221 g/mol. The summed E-state index contributed by atoms with van der Waals surface area (Å²) in [5.41, 5.74) is 3.08. The summed E-state index contributed by atoms with van der Waals surface area (Å²) in [6.07, 6.45) is 4.44. The first-order valence-electron chi connectivity index (χ1n) is 5.37. The van der Waals surface area contributed by atoms with Gasteiger partial charge >= 0.3 is 0 Å². The molecule has 17 heavy (non-hydrogen) atoms. The minimum Gasteiger partial charge on any atom is -0.378 e. The Labute approximate surface area is 102 Å². The zero-order chi connectivity index (χ0) is 12.1. The molecule has 0 atom stereocenters. The number of nitrogens with zero attached hydrogens (tertiary/aromatic N) is 2. The summed E-state index contributed by atoms with van der Waals surface area (Å²) in [6.45, 7) is 0. The molecule has 0 N–H and O–H groups in total. The Bertz CT molecular complexity index is 531. The van der Waals surface area contributed by atoms with Crippen molar-refractivity contribution in [3.63, 3.8) is 0 Å². The number of anilines is 1. The SMILES string of the molecule is CN(C)c1ccc(C#Cc2cc[c]nc2)cc1. The van der Waals surface area contributed by atoms with E-state index in [1.807, 2.05) is 32.3 Å². The molecule has 2 rings (SSSR count). The average Bonchev–Trinajstić information content (AvgIpc) is 2.38. The predicted octanol–water partition coefficient (Wildman–Crippen LogP) is 2.35. The van der Waals surface area contributed by atoms with Crippen LogP contribution in [0.4, 0.5) is 5.69 Å². The summed E-state index contributed by atoms with van der Waals surface area (Å²) in [6, 6.07) is 11.8. The lowest BCUT2D eigenvalue weighted by Crippen LogP contribution is -2.07. The summed E-state index contributed by atoms with van der Waals surface area (Å²) >= 11 is 0. The highest BCUT2D eigenvalue weighted by Crippen LogP contribution is 2.11. The van der Waals surface area contributed by atoms with E-state index in [1.54, 1.807) is 12.3 Å². The molecule has 0 saturated carbocycles. The molecule has 83 valence electrons. The smallest absolute Gasteiger partial charge is 0.0887 e. The van der Waals surface area contributed by atoms with Crippen LogP contribution in [0.5, 0.6) is 0 Å². The van der Waals surface area contributed by atoms with Gasteiger partial charge in [0.2, 0.25) is 0 Å². The van der Waals surface area contributed by atoms with Crippen molar-refractivity contribution >= 4 is 5.69 Å². The van der Waals surface area contributed by atoms with Crippen molar-refractivity contribution in [2.45, 2.75) is 0 Å². The molecule has 0 aliphatic heterocycles. The fourth-order valence-electron chi connectivity index (χ4n) is 1.38. The van der Waals surface area contributed by atoms with E-state index < -0.39 is 0 Å². The van der Waals surface area contributed by atoms with Crippen molar-refractivity contribution in [1.82, 2.24) is 4.98 Å². The van der Waals surface area contributed by atoms with Gasteiger partial charge in [-0.05, 0) is 36.4 Å². The second-order valence-corrected chi connectivity index (χ2v) is 3.87.